The average Bonchev–Trinajstić information content (AvgIpc) is 3.33. The van der Waals surface area contributed by atoms with E-state index in [9.17, 15) is 22.8 Å². The third-order valence-corrected chi connectivity index (χ3v) is 6.02. The number of rotatable bonds is 5. The molecule has 3 aromatic rings. The van der Waals surface area contributed by atoms with Gasteiger partial charge in [-0.25, -0.2) is 9.97 Å². The second-order valence-electron chi connectivity index (χ2n) is 8.45. The van der Waals surface area contributed by atoms with E-state index in [1.807, 2.05) is 7.05 Å². The Morgan fingerprint density at radius 3 is 2.42 bits per heavy atom. The van der Waals surface area contributed by atoms with Crippen LogP contribution in [-0.4, -0.2) is 74.6 Å². The van der Waals surface area contributed by atoms with E-state index in [-0.39, 0.29) is 16.5 Å². The van der Waals surface area contributed by atoms with Gasteiger partial charge in [-0.15, -0.1) is 0 Å². The Morgan fingerprint density at radius 1 is 1.06 bits per heavy atom. The standard InChI is InChI=1S/C23H23ClF3N7O2/c1-14(31-21(35)16-9-17(23(25,26)27)11-18(24)10-16)20-29-13-30-34(20)19-4-3-15(12-28-19)22(36)33-7-5-32(2)6-8-33/h3-4,9-14H,5-8H2,1-2H3,(H,31,35). The number of benzene rings is 1. The number of carbonyl (C=O) groups excluding carboxylic acids is 2. The van der Waals surface area contributed by atoms with Gasteiger partial charge in [-0.3, -0.25) is 9.59 Å². The zero-order valence-corrected chi connectivity index (χ0v) is 20.2. The van der Waals surface area contributed by atoms with Crippen LogP contribution in [0.3, 0.4) is 0 Å². The molecule has 1 aliphatic heterocycles. The largest absolute Gasteiger partial charge is 0.416 e. The first-order valence-corrected chi connectivity index (χ1v) is 11.4. The molecular weight excluding hydrogens is 499 g/mol. The number of piperazine rings is 1. The van der Waals surface area contributed by atoms with Gasteiger partial charge in [0, 0.05) is 43.0 Å². The molecule has 0 spiro atoms. The monoisotopic (exact) mass is 521 g/mol. The maximum atomic E-state index is 13.1. The lowest BCUT2D eigenvalue weighted by atomic mass is 10.1. The zero-order chi connectivity index (χ0) is 26.0. The van der Waals surface area contributed by atoms with E-state index in [1.54, 1.807) is 24.0 Å². The van der Waals surface area contributed by atoms with Crippen molar-refractivity contribution < 1.29 is 22.8 Å². The van der Waals surface area contributed by atoms with Gasteiger partial charge in [0.15, 0.2) is 11.6 Å². The number of amides is 2. The Hall–Kier alpha value is -3.51. The summed E-state index contributed by atoms with van der Waals surface area (Å²) in [6.07, 6.45) is -1.92. The first-order chi connectivity index (χ1) is 17.0. The van der Waals surface area contributed by atoms with Crippen LogP contribution in [-0.2, 0) is 6.18 Å². The third-order valence-electron chi connectivity index (χ3n) is 5.80. The van der Waals surface area contributed by atoms with E-state index in [2.05, 4.69) is 25.3 Å². The van der Waals surface area contributed by atoms with Crippen LogP contribution in [0.5, 0.6) is 0 Å². The third kappa shape index (κ3) is 5.65. The molecule has 1 atom stereocenters. The van der Waals surface area contributed by atoms with E-state index >= 15 is 0 Å². The molecule has 0 saturated carbocycles. The molecule has 9 nitrogen and oxygen atoms in total. The Kier molecular flexibility index (Phi) is 7.27. The van der Waals surface area contributed by atoms with Gasteiger partial charge >= 0.3 is 6.18 Å². The fraction of sp³-hybridized carbons (Fsp3) is 0.348. The van der Waals surface area contributed by atoms with Crippen LogP contribution in [0.1, 0.15) is 45.1 Å². The van der Waals surface area contributed by atoms with Crippen molar-refractivity contribution in [3.05, 3.63) is 70.4 Å². The van der Waals surface area contributed by atoms with E-state index in [0.29, 0.717) is 30.3 Å². The number of hydrogen-bond donors (Lipinski definition) is 1. The molecule has 1 saturated heterocycles. The van der Waals surface area contributed by atoms with E-state index in [0.717, 1.165) is 31.3 Å². The molecule has 0 radical (unpaired) electrons. The molecule has 1 fully saturated rings. The van der Waals surface area contributed by atoms with Crippen LogP contribution in [0, 0.1) is 0 Å². The number of carbonyl (C=O) groups is 2. The number of nitrogens with one attached hydrogen (secondary N) is 1. The van der Waals surface area contributed by atoms with Crippen molar-refractivity contribution in [2.45, 2.75) is 19.1 Å². The first kappa shape index (κ1) is 25.6. The molecule has 13 heteroatoms. The van der Waals surface area contributed by atoms with Gasteiger partial charge < -0.3 is 15.1 Å². The highest BCUT2D eigenvalue weighted by Gasteiger charge is 2.32. The summed E-state index contributed by atoms with van der Waals surface area (Å²) in [6, 6.07) is 5.16. The number of likely N-dealkylation sites (N-methyl/N-ethyl adjacent to an activating group) is 1. The summed E-state index contributed by atoms with van der Waals surface area (Å²) in [7, 11) is 2.01. The highest BCUT2D eigenvalue weighted by Crippen LogP contribution is 2.32. The van der Waals surface area contributed by atoms with Crippen molar-refractivity contribution in [1.29, 1.82) is 0 Å². The number of aromatic nitrogens is 4. The lowest BCUT2D eigenvalue weighted by molar-refractivity contribution is -0.137. The summed E-state index contributed by atoms with van der Waals surface area (Å²) < 4.78 is 40.7. The average molecular weight is 522 g/mol. The lowest BCUT2D eigenvalue weighted by Gasteiger charge is -2.32. The normalized spacial score (nSPS) is 15.6. The van der Waals surface area contributed by atoms with E-state index < -0.39 is 23.7 Å². The maximum Gasteiger partial charge on any atom is 0.416 e. The van der Waals surface area contributed by atoms with Gasteiger partial charge in [-0.2, -0.15) is 23.0 Å². The van der Waals surface area contributed by atoms with Crippen molar-refractivity contribution in [3.63, 3.8) is 0 Å². The summed E-state index contributed by atoms with van der Waals surface area (Å²) in [6.45, 7) is 4.49. The maximum absolute atomic E-state index is 13.1. The smallest absolute Gasteiger partial charge is 0.342 e. The Bertz CT molecular complexity index is 1260. The molecule has 3 heterocycles. The molecule has 1 aliphatic rings. The zero-order valence-electron chi connectivity index (χ0n) is 19.5. The van der Waals surface area contributed by atoms with Crippen LogP contribution in [0.25, 0.3) is 5.82 Å². The molecule has 1 unspecified atom stereocenters. The molecule has 36 heavy (non-hydrogen) atoms. The number of hydrogen-bond acceptors (Lipinski definition) is 6. The van der Waals surface area contributed by atoms with Crippen LogP contribution >= 0.6 is 11.6 Å². The van der Waals surface area contributed by atoms with Crippen LogP contribution in [0.2, 0.25) is 5.02 Å². The summed E-state index contributed by atoms with van der Waals surface area (Å²) in [5.74, 6) is -0.208. The van der Waals surface area contributed by atoms with Crippen molar-refractivity contribution >= 4 is 23.4 Å². The minimum atomic E-state index is -4.64. The summed E-state index contributed by atoms with van der Waals surface area (Å²) in [5.41, 5.74) is -0.822. The van der Waals surface area contributed by atoms with Crippen molar-refractivity contribution in [2.75, 3.05) is 33.2 Å². The molecule has 190 valence electrons. The van der Waals surface area contributed by atoms with Gasteiger partial charge in [-0.05, 0) is 44.3 Å². The molecule has 2 aromatic heterocycles. The van der Waals surface area contributed by atoms with Gasteiger partial charge in [0.1, 0.15) is 6.33 Å². The molecule has 0 aliphatic carbocycles. The molecular formula is C23H23ClF3N7O2. The van der Waals surface area contributed by atoms with Crippen molar-refractivity contribution in [2.24, 2.45) is 0 Å². The molecule has 1 N–H and O–H groups in total. The molecule has 2 amide bonds. The number of pyridine rings is 1. The highest BCUT2D eigenvalue weighted by atomic mass is 35.5. The van der Waals surface area contributed by atoms with Crippen LogP contribution in [0.4, 0.5) is 13.2 Å². The first-order valence-electron chi connectivity index (χ1n) is 11.1. The van der Waals surface area contributed by atoms with Gasteiger partial charge in [0.05, 0.1) is 17.2 Å². The summed E-state index contributed by atoms with van der Waals surface area (Å²) in [4.78, 5) is 37.8. The number of nitrogens with zero attached hydrogens (tertiary/aromatic N) is 6. The van der Waals surface area contributed by atoms with Gasteiger partial charge in [0.2, 0.25) is 0 Å². The summed E-state index contributed by atoms with van der Waals surface area (Å²) >= 11 is 5.79. The predicted octanol–water partition coefficient (Wildman–Crippen LogP) is 3.21. The lowest BCUT2D eigenvalue weighted by Crippen LogP contribution is -2.47. The number of alkyl halides is 3. The SMILES string of the molecule is CC(NC(=O)c1cc(Cl)cc(C(F)(F)F)c1)c1ncnn1-c1ccc(C(=O)N2CCN(C)CC2)cn1. The van der Waals surface area contributed by atoms with Crippen molar-refractivity contribution in [1.82, 2.24) is 34.9 Å². The van der Waals surface area contributed by atoms with E-state index in [4.69, 9.17) is 11.6 Å². The minimum absolute atomic E-state index is 0.110. The second-order valence-corrected chi connectivity index (χ2v) is 8.89. The number of halogens is 4. The fourth-order valence-corrected chi connectivity index (χ4v) is 4.02. The molecule has 1 aromatic carbocycles. The van der Waals surface area contributed by atoms with Crippen molar-refractivity contribution in [3.8, 4) is 5.82 Å². The Balaban J connectivity index is 1.48. The fourth-order valence-electron chi connectivity index (χ4n) is 3.78. The van der Waals surface area contributed by atoms with Crippen LogP contribution in [0.15, 0.2) is 42.9 Å². The summed E-state index contributed by atoms with van der Waals surface area (Å²) in [5, 5.41) is 6.54. The highest BCUT2D eigenvalue weighted by molar-refractivity contribution is 6.31. The Labute approximate surface area is 209 Å². The van der Waals surface area contributed by atoms with Crippen LogP contribution < -0.4 is 5.32 Å². The second kappa shape index (κ2) is 10.2. The van der Waals surface area contributed by atoms with E-state index in [1.165, 1.54) is 17.2 Å². The van der Waals surface area contributed by atoms with Gasteiger partial charge in [-0.1, -0.05) is 11.6 Å². The topological polar surface area (TPSA) is 96.2 Å². The minimum Gasteiger partial charge on any atom is -0.342 e. The van der Waals surface area contributed by atoms with Gasteiger partial charge in [0.25, 0.3) is 11.8 Å². The predicted molar refractivity (Wildman–Crippen MR) is 125 cm³/mol. The molecule has 4 rings (SSSR count). The molecule has 0 bridgehead atoms. The quantitative estimate of drug-likeness (QED) is 0.554. The Morgan fingerprint density at radius 2 is 1.78 bits per heavy atom.